The van der Waals surface area contributed by atoms with Gasteiger partial charge in [-0.25, -0.2) is 9.18 Å². The molecule has 0 aromatic heterocycles. The molecule has 1 atom stereocenters. The van der Waals surface area contributed by atoms with Gasteiger partial charge in [0.1, 0.15) is 11.9 Å². The van der Waals surface area contributed by atoms with E-state index < -0.39 is 18.0 Å². The molecule has 2 N–H and O–H groups in total. The standard InChI is InChI=1S/C9H10FNO2/c1-6(13-9(11)12)7-4-2-3-5-8(7)10/h2-6H,1H3,(H2,11,12)/t6-/m1/s1. The van der Waals surface area contributed by atoms with Gasteiger partial charge >= 0.3 is 6.09 Å². The lowest BCUT2D eigenvalue weighted by atomic mass is 10.1. The summed E-state index contributed by atoms with van der Waals surface area (Å²) in [5.74, 6) is -0.406. The van der Waals surface area contributed by atoms with E-state index in [1.54, 1.807) is 25.1 Å². The smallest absolute Gasteiger partial charge is 0.405 e. The normalized spacial score (nSPS) is 12.2. The van der Waals surface area contributed by atoms with Crippen molar-refractivity contribution in [2.24, 2.45) is 5.73 Å². The minimum absolute atomic E-state index is 0.321. The van der Waals surface area contributed by atoms with Gasteiger partial charge in [-0.2, -0.15) is 0 Å². The number of nitrogens with two attached hydrogens (primary N) is 1. The maximum absolute atomic E-state index is 13.1. The Labute approximate surface area is 75.3 Å². The molecule has 0 saturated heterocycles. The van der Waals surface area contributed by atoms with Crippen LogP contribution in [0.1, 0.15) is 18.6 Å². The van der Waals surface area contributed by atoms with Crippen molar-refractivity contribution in [3.05, 3.63) is 35.6 Å². The first-order chi connectivity index (χ1) is 6.11. The molecule has 1 aromatic carbocycles. The molecule has 0 radical (unpaired) electrons. The van der Waals surface area contributed by atoms with E-state index in [1.165, 1.54) is 6.07 Å². The number of rotatable bonds is 2. The highest BCUT2D eigenvalue weighted by molar-refractivity contribution is 5.65. The first kappa shape index (κ1) is 9.51. The number of benzene rings is 1. The van der Waals surface area contributed by atoms with Crippen molar-refractivity contribution in [2.45, 2.75) is 13.0 Å². The summed E-state index contributed by atoms with van der Waals surface area (Å²) in [4.78, 5) is 10.4. The zero-order valence-corrected chi connectivity index (χ0v) is 7.16. The minimum Gasteiger partial charge on any atom is -0.442 e. The number of carbonyl (C=O) groups excluding carboxylic acids is 1. The molecule has 4 heteroatoms. The molecule has 1 aromatic rings. The van der Waals surface area contributed by atoms with Crippen molar-refractivity contribution in [1.29, 1.82) is 0 Å². The van der Waals surface area contributed by atoms with Crippen molar-refractivity contribution in [3.63, 3.8) is 0 Å². The van der Waals surface area contributed by atoms with E-state index in [0.717, 1.165) is 0 Å². The first-order valence-corrected chi connectivity index (χ1v) is 3.81. The minimum atomic E-state index is -0.907. The van der Waals surface area contributed by atoms with Crippen molar-refractivity contribution >= 4 is 6.09 Å². The molecule has 0 spiro atoms. The summed E-state index contributed by atoms with van der Waals surface area (Å²) >= 11 is 0. The largest absolute Gasteiger partial charge is 0.442 e. The van der Waals surface area contributed by atoms with Gasteiger partial charge in [-0.15, -0.1) is 0 Å². The summed E-state index contributed by atoms with van der Waals surface area (Å²) in [7, 11) is 0. The van der Waals surface area contributed by atoms with Crippen LogP contribution < -0.4 is 5.73 Å². The number of ether oxygens (including phenoxy) is 1. The number of hydrogen-bond acceptors (Lipinski definition) is 2. The van der Waals surface area contributed by atoms with Gasteiger partial charge in [-0.3, -0.25) is 0 Å². The van der Waals surface area contributed by atoms with Crippen LogP contribution in [0.2, 0.25) is 0 Å². The Kier molecular flexibility index (Phi) is 2.84. The van der Waals surface area contributed by atoms with Crippen LogP contribution in [0.25, 0.3) is 0 Å². The Morgan fingerprint density at radius 1 is 1.54 bits per heavy atom. The maximum Gasteiger partial charge on any atom is 0.405 e. The summed E-state index contributed by atoms with van der Waals surface area (Å²) in [6.45, 7) is 1.56. The van der Waals surface area contributed by atoms with Crippen LogP contribution in [0, 0.1) is 5.82 Å². The van der Waals surface area contributed by atoms with Crippen molar-refractivity contribution in [3.8, 4) is 0 Å². The molecule has 1 amide bonds. The second-order valence-electron chi connectivity index (χ2n) is 2.60. The Morgan fingerprint density at radius 3 is 2.69 bits per heavy atom. The maximum atomic E-state index is 13.1. The van der Waals surface area contributed by atoms with Crippen LogP contribution in [0.3, 0.4) is 0 Å². The first-order valence-electron chi connectivity index (χ1n) is 3.81. The zero-order chi connectivity index (χ0) is 9.84. The molecule has 1 rings (SSSR count). The van der Waals surface area contributed by atoms with Gasteiger partial charge in [0.2, 0.25) is 0 Å². The van der Waals surface area contributed by atoms with E-state index >= 15 is 0 Å². The predicted molar refractivity (Wildman–Crippen MR) is 45.5 cm³/mol. The van der Waals surface area contributed by atoms with Gasteiger partial charge < -0.3 is 10.5 Å². The van der Waals surface area contributed by atoms with Gasteiger partial charge in [0.25, 0.3) is 0 Å². The number of primary amides is 1. The lowest BCUT2D eigenvalue weighted by molar-refractivity contribution is 0.114. The molecule has 70 valence electrons. The third kappa shape index (κ3) is 2.43. The van der Waals surface area contributed by atoms with Crippen LogP contribution in [0.5, 0.6) is 0 Å². The number of hydrogen-bond donors (Lipinski definition) is 1. The Bertz CT molecular complexity index is 314. The Hall–Kier alpha value is -1.58. The predicted octanol–water partition coefficient (Wildman–Crippen LogP) is 1.98. The van der Waals surface area contributed by atoms with Crippen LogP contribution >= 0.6 is 0 Å². The van der Waals surface area contributed by atoms with E-state index in [1.807, 2.05) is 0 Å². The fourth-order valence-corrected chi connectivity index (χ4v) is 1.04. The topological polar surface area (TPSA) is 52.3 Å². The number of carbonyl (C=O) groups is 1. The summed E-state index contributed by atoms with van der Waals surface area (Å²) in [5.41, 5.74) is 5.12. The number of halogens is 1. The average Bonchev–Trinajstić information content (AvgIpc) is 2.03. The molecular formula is C9H10FNO2. The van der Waals surface area contributed by atoms with Crippen molar-refractivity contribution in [2.75, 3.05) is 0 Å². The molecule has 13 heavy (non-hydrogen) atoms. The second-order valence-corrected chi connectivity index (χ2v) is 2.60. The van der Waals surface area contributed by atoms with E-state index in [0.29, 0.717) is 5.56 Å². The molecule has 0 aliphatic heterocycles. The van der Waals surface area contributed by atoms with E-state index in [9.17, 15) is 9.18 Å². The molecule has 0 unspecified atom stereocenters. The van der Waals surface area contributed by atoms with Gasteiger partial charge in [-0.05, 0) is 13.0 Å². The van der Waals surface area contributed by atoms with Crippen LogP contribution in [-0.2, 0) is 4.74 Å². The molecular weight excluding hydrogens is 173 g/mol. The lowest BCUT2D eigenvalue weighted by Gasteiger charge is -2.11. The van der Waals surface area contributed by atoms with E-state index in [2.05, 4.69) is 4.74 Å². The molecule has 0 aliphatic carbocycles. The monoisotopic (exact) mass is 183 g/mol. The third-order valence-corrected chi connectivity index (χ3v) is 1.64. The quantitative estimate of drug-likeness (QED) is 0.762. The van der Waals surface area contributed by atoms with Crippen LogP contribution in [0.15, 0.2) is 24.3 Å². The van der Waals surface area contributed by atoms with Crippen molar-refractivity contribution in [1.82, 2.24) is 0 Å². The highest BCUT2D eigenvalue weighted by Crippen LogP contribution is 2.19. The summed E-state index contributed by atoms with van der Waals surface area (Å²) in [6, 6.07) is 6.08. The molecule has 0 heterocycles. The molecule has 0 bridgehead atoms. The Balaban J connectivity index is 2.82. The average molecular weight is 183 g/mol. The summed E-state index contributed by atoms with van der Waals surface area (Å²) in [5, 5.41) is 0. The fourth-order valence-electron chi connectivity index (χ4n) is 1.04. The van der Waals surface area contributed by atoms with Gasteiger partial charge in [0.05, 0.1) is 0 Å². The lowest BCUT2D eigenvalue weighted by Crippen LogP contribution is -2.16. The summed E-state index contributed by atoms with van der Waals surface area (Å²) < 4.78 is 17.7. The highest BCUT2D eigenvalue weighted by Gasteiger charge is 2.12. The van der Waals surface area contributed by atoms with Crippen LogP contribution in [0.4, 0.5) is 9.18 Å². The third-order valence-electron chi connectivity index (χ3n) is 1.64. The molecule has 0 saturated carbocycles. The SMILES string of the molecule is C[C@@H](OC(N)=O)c1ccccc1F. The molecule has 0 fully saturated rings. The zero-order valence-electron chi connectivity index (χ0n) is 7.16. The second kappa shape index (κ2) is 3.89. The number of amides is 1. The molecule has 3 nitrogen and oxygen atoms in total. The molecule has 0 aliphatic rings. The Morgan fingerprint density at radius 2 is 2.15 bits per heavy atom. The van der Waals surface area contributed by atoms with Gasteiger partial charge in [0.15, 0.2) is 0 Å². The van der Waals surface area contributed by atoms with E-state index in [-0.39, 0.29) is 0 Å². The van der Waals surface area contributed by atoms with Crippen LogP contribution in [-0.4, -0.2) is 6.09 Å². The van der Waals surface area contributed by atoms with Crippen molar-refractivity contribution < 1.29 is 13.9 Å². The highest BCUT2D eigenvalue weighted by atomic mass is 19.1. The van der Waals surface area contributed by atoms with E-state index in [4.69, 9.17) is 5.73 Å². The fraction of sp³-hybridized carbons (Fsp3) is 0.222. The van der Waals surface area contributed by atoms with Gasteiger partial charge in [-0.1, -0.05) is 18.2 Å². The summed E-state index contributed by atoms with van der Waals surface area (Å²) in [6.07, 6.45) is -1.56. The van der Waals surface area contributed by atoms with Gasteiger partial charge in [0, 0.05) is 5.56 Å².